The molecule has 4 aliphatic rings. The summed E-state index contributed by atoms with van der Waals surface area (Å²) in [5.41, 5.74) is 0.727. The van der Waals surface area contributed by atoms with Crippen LogP contribution < -0.4 is 0 Å². The average molecular weight is 317 g/mol. The largest absolute Gasteiger partial charge is 0.0654 e. The standard InChI is InChI=1S/C23H40/c1-4-5-6-18-9-12-22-21-11-8-17-15-16(2)7-10-19(17)20(21)13-14-23(18,22)3/h16-22H,4-15H2,1-3H3. The fraction of sp³-hybridized carbons (Fsp3) is 1.00. The monoisotopic (exact) mass is 316 g/mol. The summed E-state index contributed by atoms with van der Waals surface area (Å²) in [6.07, 6.45) is 18.6. The van der Waals surface area contributed by atoms with Crippen LogP contribution in [-0.4, -0.2) is 0 Å². The molecule has 8 atom stereocenters. The van der Waals surface area contributed by atoms with Crippen LogP contribution in [0.4, 0.5) is 0 Å². The molecule has 8 unspecified atom stereocenters. The Labute approximate surface area is 145 Å². The van der Waals surface area contributed by atoms with Crippen molar-refractivity contribution in [1.29, 1.82) is 0 Å². The van der Waals surface area contributed by atoms with E-state index < -0.39 is 0 Å². The summed E-state index contributed by atoms with van der Waals surface area (Å²) in [5.74, 6) is 7.68. The van der Waals surface area contributed by atoms with Gasteiger partial charge in [0.25, 0.3) is 0 Å². The van der Waals surface area contributed by atoms with Crippen LogP contribution in [0.25, 0.3) is 0 Å². The van der Waals surface area contributed by atoms with Crippen molar-refractivity contribution in [2.75, 3.05) is 0 Å². The highest BCUT2D eigenvalue weighted by Gasteiger charge is 2.56. The van der Waals surface area contributed by atoms with Crippen LogP contribution in [-0.2, 0) is 0 Å². The van der Waals surface area contributed by atoms with E-state index in [0.29, 0.717) is 0 Å². The summed E-state index contributed by atoms with van der Waals surface area (Å²) in [6.45, 7) is 7.60. The minimum atomic E-state index is 0.727. The Balaban J connectivity index is 1.49. The van der Waals surface area contributed by atoms with E-state index in [9.17, 15) is 0 Å². The second-order valence-electron chi connectivity index (χ2n) is 10.3. The van der Waals surface area contributed by atoms with Crippen LogP contribution in [0, 0.1) is 46.8 Å². The van der Waals surface area contributed by atoms with Crippen LogP contribution in [0.1, 0.15) is 97.8 Å². The Morgan fingerprint density at radius 1 is 0.870 bits per heavy atom. The van der Waals surface area contributed by atoms with Crippen molar-refractivity contribution in [2.24, 2.45) is 46.8 Å². The maximum Gasteiger partial charge on any atom is -0.0266 e. The first-order valence-corrected chi connectivity index (χ1v) is 11.1. The maximum atomic E-state index is 2.72. The van der Waals surface area contributed by atoms with Gasteiger partial charge in [0.1, 0.15) is 0 Å². The van der Waals surface area contributed by atoms with Gasteiger partial charge >= 0.3 is 0 Å². The lowest BCUT2D eigenvalue weighted by molar-refractivity contribution is -0.0679. The summed E-state index contributed by atoms with van der Waals surface area (Å²) in [6, 6.07) is 0. The number of fused-ring (bicyclic) bond motifs is 5. The van der Waals surface area contributed by atoms with Crippen molar-refractivity contribution in [3.05, 3.63) is 0 Å². The van der Waals surface area contributed by atoms with E-state index in [1.165, 1.54) is 25.7 Å². The molecule has 4 saturated carbocycles. The Morgan fingerprint density at radius 3 is 2.52 bits per heavy atom. The fourth-order valence-electron chi connectivity index (χ4n) is 8.12. The lowest BCUT2D eigenvalue weighted by atomic mass is 9.49. The molecule has 0 saturated heterocycles. The minimum Gasteiger partial charge on any atom is -0.0654 e. The van der Waals surface area contributed by atoms with E-state index >= 15 is 0 Å². The SMILES string of the molecule is CCCCC1CCC2C3CCC4CC(C)CCC4C3CCC12C. The molecule has 0 aromatic heterocycles. The van der Waals surface area contributed by atoms with Gasteiger partial charge in [-0.15, -0.1) is 0 Å². The van der Waals surface area contributed by atoms with Crippen molar-refractivity contribution in [3.63, 3.8) is 0 Å². The summed E-state index contributed by atoms with van der Waals surface area (Å²) >= 11 is 0. The molecule has 0 aromatic rings. The quantitative estimate of drug-likeness (QED) is 0.521. The Bertz CT molecular complexity index is 412. The zero-order valence-corrected chi connectivity index (χ0v) is 16.0. The van der Waals surface area contributed by atoms with Gasteiger partial charge in [0, 0.05) is 0 Å². The number of hydrogen-bond acceptors (Lipinski definition) is 0. The van der Waals surface area contributed by atoms with Gasteiger partial charge in [-0.3, -0.25) is 0 Å². The lowest BCUT2D eigenvalue weighted by Gasteiger charge is -2.56. The molecule has 0 bridgehead atoms. The van der Waals surface area contributed by atoms with Gasteiger partial charge in [-0.05, 0) is 105 Å². The molecule has 0 heteroatoms. The molecule has 4 rings (SSSR count). The number of unbranched alkanes of at least 4 members (excludes halogenated alkanes) is 1. The first kappa shape index (κ1) is 16.5. The first-order chi connectivity index (χ1) is 11.1. The molecule has 0 aliphatic heterocycles. The molecular formula is C23H40. The van der Waals surface area contributed by atoms with Crippen molar-refractivity contribution >= 4 is 0 Å². The molecule has 4 fully saturated rings. The highest BCUT2D eigenvalue weighted by Crippen LogP contribution is 2.65. The molecule has 0 nitrogen and oxygen atoms in total. The highest BCUT2D eigenvalue weighted by atomic mass is 14.6. The zero-order chi connectivity index (χ0) is 16.0. The fourth-order valence-corrected chi connectivity index (χ4v) is 8.12. The molecule has 23 heavy (non-hydrogen) atoms. The molecule has 0 aromatic carbocycles. The van der Waals surface area contributed by atoms with Gasteiger partial charge < -0.3 is 0 Å². The Kier molecular flexibility index (Phi) is 4.57. The molecule has 0 amide bonds. The van der Waals surface area contributed by atoms with Crippen molar-refractivity contribution in [2.45, 2.75) is 97.8 Å². The molecule has 0 radical (unpaired) electrons. The van der Waals surface area contributed by atoms with E-state index in [1.54, 1.807) is 51.4 Å². The van der Waals surface area contributed by atoms with Crippen LogP contribution >= 0.6 is 0 Å². The molecular weight excluding hydrogens is 276 g/mol. The van der Waals surface area contributed by atoms with Gasteiger partial charge in [0.05, 0.1) is 0 Å². The lowest BCUT2D eigenvalue weighted by Crippen LogP contribution is -2.48. The topological polar surface area (TPSA) is 0 Å². The normalized spacial score (nSPS) is 52.6. The molecule has 0 spiro atoms. The summed E-state index contributed by atoms with van der Waals surface area (Å²) in [4.78, 5) is 0. The Hall–Kier alpha value is 0. The van der Waals surface area contributed by atoms with Crippen LogP contribution in [0.5, 0.6) is 0 Å². The third-order valence-corrected chi connectivity index (χ3v) is 9.32. The van der Waals surface area contributed by atoms with Crippen LogP contribution in [0.15, 0.2) is 0 Å². The van der Waals surface area contributed by atoms with Gasteiger partial charge in [-0.25, -0.2) is 0 Å². The number of hydrogen-bond donors (Lipinski definition) is 0. The minimum absolute atomic E-state index is 0.727. The van der Waals surface area contributed by atoms with E-state index in [0.717, 1.165) is 46.8 Å². The Morgan fingerprint density at radius 2 is 1.70 bits per heavy atom. The van der Waals surface area contributed by atoms with E-state index in [-0.39, 0.29) is 0 Å². The molecule has 0 N–H and O–H groups in total. The number of rotatable bonds is 3. The van der Waals surface area contributed by atoms with E-state index in [2.05, 4.69) is 20.8 Å². The molecule has 4 aliphatic carbocycles. The summed E-state index contributed by atoms with van der Waals surface area (Å²) in [5, 5.41) is 0. The van der Waals surface area contributed by atoms with Crippen molar-refractivity contribution < 1.29 is 0 Å². The summed E-state index contributed by atoms with van der Waals surface area (Å²) in [7, 11) is 0. The maximum absolute atomic E-state index is 2.72. The van der Waals surface area contributed by atoms with Crippen LogP contribution in [0.2, 0.25) is 0 Å². The average Bonchev–Trinajstić information content (AvgIpc) is 2.89. The molecule has 132 valence electrons. The third kappa shape index (κ3) is 2.71. The van der Waals surface area contributed by atoms with Gasteiger partial charge in [-0.2, -0.15) is 0 Å². The molecule has 0 heterocycles. The smallest absolute Gasteiger partial charge is 0.0266 e. The first-order valence-electron chi connectivity index (χ1n) is 11.1. The van der Waals surface area contributed by atoms with Gasteiger partial charge in [-0.1, -0.05) is 40.0 Å². The zero-order valence-electron chi connectivity index (χ0n) is 16.0. The van der Waals surface area contributed by atoms with Gasteiger partial charge in [0.2, 0.25) is 0 Å². The van der Waals surface area contributed by atoms with E-state index in [1.807, 2.05) is 0 Å². The summed E-state index contributed by atoms with van der Waals surface area (Å²) < 4.78 is 0. The predicted octanol–water partition coefficient (Wildman–Crippen LogP) is 7.08. The third-order valence-electron chi connectivity index (χ3n) is 9.32. The second-order valence-corrected chi connectivity index (χ2v) is 10.3. The second kappa shape index (κ2) is 6.38. The predicted molar refractivity (Wildman–Crippen MR) is 99.3 cm³/mol. The highest BCUT2D eigenvalue weighted by molar-refractivity contribution is 5.05. The van der Waals surface area contributed by atoms with Crippen molar-refractivity contribution in [3.8, 4) is 0 Å². The van der Waals surface area contributed by atoms with Crippen molar-refractivity contribution in [1.82, 2.24) is 0 Å². The van der Waals surface area contributed by atoms with Crippen LogP contribution in [0.3, 0.4) is 0 Å². The van der Waals surface area contributed by atoms with E-state index in [4.69, 9.17) is 0 Å². The van der Waals surface area contributed by atoms with Gasteiger partial charge in [0.15, 0.2) is 0 Å².